The Morgan fingerprint density at radius 3 is 2.00 bits per heavy atom. The van der Waals surface area contributed by atoms with E-state index in [-0.39, 0.29) is 11.1 Å². The normalized spacial score (nSPS) is 24.4. The summed E-state index contributed by atoms with van der Waals surface area (Å²) < 4.78 is 6.32. The summed E-state index contributed by atoms with van der Waals surface area (Å²) >= 11 is 0. The number of amides is 2. The van der Waals surface area contributed by atoms with Crippen LogP contribution in [0.1, 0.15) is 49.1 Å². The average molecular weight is 466 g/mol. The van der Waals surface area contributed by atoms with E-state index in [0.29, 0.717) is 11.3 Å². The number of carbonyl (C=O) groups excluding carboxylic acids is 4. The molecule has 0 N–H and O–H groups in total. The van der Waals surface area contributed by atoms with Crippen molar-refractivity contribution in [2.75, 3.05) is 4.90 Å². The molecule has 6 heteroatoms. The summed E-state index contributed by atoms with van der Waals surface area (Å²) in [5.74, 6) is -4.36. The molecule has 2 fully saturated rings. The highest BCUT2D eigenvalue weighted by Crippen LogP contribution is 2.57. The fraction of sp³-hybridized carbons (Fsp3) is 0.241. The van der Waals surface area contributed by atoms with Gasteiger partial charge in [-0.2, -0.15) is 0 Å². The van der Waals surface area contributed by atoms with E-state index in [1.54, 1.807) is 36.4 Å². The monoisotopic (exact) mass is 465 g/mol. The zero-order chi connectivity index (χ0) is 24.6. The van der Waals surface area contributed by atoms with Gasteiger partial charge < -0.3 is 4.74 Å². The van der Waals surface area contributed by atoms with Gasteiger partial charge in [0.05, 0.1) is 23.6 Å². The fourth-order valence-corrected chi connectivity index (χ4v) is 5.79. The summed E-state index contributed by atoms with van der Waals surface area (Å²) in [5, 5.41) is 0. The second-order valence-corrected chi connectivity index (χ2v) is 9.62. The van der Waals surface area contributed by atoms with Gasteiger partial charge in [0.15, 0.2) is 0 Å². The van der Waals surface area contributed by atoms with Crippen LogP contribution < -0.4 is 4.90 Å². The number of rotatable bonds is 2. The predicted octanol–water partition coefficient (Wildman–Crippen LogP) is 4.31. The van der Waals surface area contributed by atoms with Gasteiger partial charge in [0, 0.05) is 11.1 Å². The maximum Gasteiger partial charge on any atom is 0.241 e. The smallest absolute Gasteiger partial charge is 0.241 e. The van der Waals surface area contributed by atoms with Crippen LogP contribution in [0.15, 0.2) is 66.7 Å². The van der Waals surface area contributed by atoms with Crippen LogP contribution >= 0.6 is 0 Å². The number of fused-ring (bicyclic) bond motifs is 3. The Balaban J connectivity index is 1.56. The topological polar surface area (TPSA) is 80.8 Å². The van der Waals surface area contributed by atoms with Crippen molar-refractivity contribution in [2.24, 2.45) is 11.8 Å². The lowest BCUT2D eigenvalue weighted by Crippen LogP contribution is -2.51. The number of benzene rings is 3. The highest BCUT2D eigenvalue weighted by atomic mass is 16.5. The quantitative estimate of drug-likeness (QED) is 0.416. The molecule has 0 saturated carbocycles. The second-order valence-electron chi connectivity index (χ2n) is 9.62. The van der Waals surface area contributed by atoms with Crippen molar-refractivity contribution in [3.8, 4) is 0 Å². The van der Waals surface area contributed by atoms with Crippen LogP contribution in [0.3, 0.4) is 0 Å². The molecule has 2 saturated heterocycles. The Morgan fingerprint density at radius 1 is 0.743 bits per heavy atom. The Hall–Kier alpha value is -3.90. The van der Waals surface area contributed by atoms with Crippen LogP contribution in [0, 0.1) is 32.6 Å². The molecule has 0 unspecified atom stereocenters. The third-order valence-corrected chi connectivity index (χ3v) is 7.74. The van der Waals surface area contributed by atoms with Crippen molar-refractivity contribution in [1.82, 2.24) is 0 Å². The molecule has 2 aliphatic heterocycles. The second kappa shape index (κ2) is 7.30. The lowest BCUT2D eigenvalue weighted by molar-refractivity contribution is -0.127. The summed E-state index contributed by atoms with van der Waals surface area (Å²) in [6.45, 7) is 5.70. The van der Waals surface area contributed by atoms with Gasteiger partial charge in [-0.1, -0.05) is 66.2 Å². The molecule has 2 heterocycles. The van der Waals surface area contributed by atoms with E-state index in [4.69, 9.17) is 4.74 Å². The van der Waals surface area contributed by atoms with Crippen molar-refractivity contribution in [3.63, 3.8) is 0 Å². The third-order valence-electron chi connectivity index (χ3n) is 7.74. The van der Waals surface area contributed by atoms with Gasteiger partial charge in [-0.05, 0) is 43.5 Å². The molecule has 0 aromatic heterocycles. The SMILES string of the molecule is Cc1ccc([C@H]2OC3(C(=O)c4ccccc4C3=O)[C@@H]3C(=O)N(c4cccc(C)c4C)C(=O)[C@@H]23)cc1. The minimum Gasteiger partial charge on any atom is -0.349 e. The molecule has 1 aliphatic carbocycles. The number of hydrogen-bond acceptors (Lipinski definition) is 5. The number of ether oxygens (including phenoxy) is 1. The standard InChI is InChI=1S/C29H23NO5/c1-15-11-13-18(14-12-15)24-22-23(28(34)30(27(22)33)21-10-6-7-16(2)17(21)3)29(35-24)25(31)19-8-4-5-9-20(19)26(29)32/h4-14,22-24H,1-3H3/t22-,23+,24-/m1/s1. The Kier molecular flexibility index (Phi) is 4.51. The van der Waals surface area contributed by atoms with Crippen LogP contribution in [-0.4, -0.2) is 29.0 Å². The number of ketones is 2. The van der Waals surface area contributed by atoms with Gasteiger partial charge in [-0.15, -0.1) is 0 Å². The molecule has 3 aromatic carbocycles. The van der Waals surface area contributed by atoms with Gasteiger partial charge in [0.25, 0.3) is 0 Å². The largest absolute Gasteiger partial charge is 0.349 e. The van der Waals surface area contributed by atoms with Crippen molar-refractivity contribution in [2.45, 2.75) is 32.5 Å². The summed E-state index contributed by atoms with van der Waals surface area (Å²) in [4.78, 5) is 56.7. The molecule has 0 bridgehead atoms. The van der Waals surface area contributed by atoms with E-state index in [0.717, 1.165) is 21.6 Å². The van der Waals surface area contributed by atoms with E-state index in [1.807, 2.05) is 51.1 Å². The molecular formula is C29H23NO5. The first-order valence-electron chi connectivity index (χ1n) is 11.6. The van der Waals surface area contributed by atoms with Crippen LogP contribution in [0.4, 0.5) is 5.69 Å². The Bertz CT molecular complexity index is 1420. The highest BCUT2D eigenvalue weighted by molar-refractivity contribution is 6.37. The molecule has 3 atom stereocenters. The molecule has 174 valence electrons. The van der Waals surface area contributed by atoms with Crippen molar-refractivity contribution < 1.29 is 23.9 Å². The van der Waals surface area contributed by atoms with Crippen LogP contribution in [0.25, 0.3) is 0 Å². The maximum atomic E-state index is 14.0. The molecule has 6 rings (SSSR count). The average Bonchev–Trinajstić information content (AvgIpc) is 3.42. The third kappa shape index (κ3) is 2.68. The molecule has 6 nitrogen and oxygen atoms in total. The molecule has 0 radical (unpaired) electrons. The molecule has 2 amide bonds. The minimum absolute atomic E-state index is 0.228. The van der Waals surface area contributed by atoms with Crippen LogP contribution in [0.5, 0.6) is 0 Å². The summed E-state index contributed by atoms with van der Waals surface area (Å²) in [6.07, 6.45) is -0.908. The van der Waals surface area contributed by atoms with Crippen molar-refractivity contribution in [3.05, 3.63) is 100 Å². The zero-order valence-corrected chi connectivity index (χ0v) is 19.6. The van der Waals surface area contributed by atoms with E-state index in [9.17, 15) is 19.2 Å². The lowest BCUT2D eigenvalue weighted by atomic mass is 9.77. The number of anilines is 1. The van der Waals surface area contributed by atoms with E-state index >= 15 is 0 Å². The molecule has 3 aromatic rings. The van der Waals surface area contributed by atoms with Gasteiger partial charge in [-0.3, -0.25) is 19.2 Å². The summed E-state index contributed by atoms with van der Waals surface area (Å²) in [6, 6.07) is 19.3. The van der Waals surface area contributed by atoms with E-state index in [1.165, 1.54) is 0 Å². The number of aryl methyl sites for hydroxylation is 2. The van der Waals surface area contributed by atoms with Crippen LogP contribution in [0.2, 0.25) is 0 Å². The van der Waals surface area contributed by atoms with Crippen molar-refractivity contribution >= 4 is 29.1 Å². The zero-order valence-electron chi connectivity index (χ0n) is 19.6. The number of nitrogens with zero attached hydrogens (tertiary/aromatic N) is 1. The minimum atomic E-state index is -2.05. The van der Waals surface area contributed by atoms with E-state index in [2.05, 4.69) is 0 Å². The first-order chi connectivity index (χ1) is 16.8. The van der Waals surface area contributed by atoms with Crippen molar-refractivity contribution in [1.29, 1.82) is 0 Å². The molecule has 1 spiro atoms. The van der Waals surface area contributed by atoms with Gasteiger partial charge in [0.2, 0.25) is 29.0 Å². The lowest BCUT2D eigenvalue weighted by Gasteiger charge is -2.28. The summed E-state index contributed by atoms with van der Waals surface area (Å²) in [5.41, 5.74) is 2.28. The Labute approximate surface area is 202 Å². The summed E-state index contributed by atoms with van der Waals surface area (Å²) in [7, 11) is 0. The number of hydrogen-bond donors (Lipinski definition) is 0. The predicted molar refractivity (Wildman–Crippen MR) is 128 cm³/mol. The molecule has 35 heavy (non-hydrogen) atoms. The maximum absolute atomic E-state index is 14.0. The first kappa shape index (κ1) is 21.6. The highest BCUT2D eigenvalue weighted by Gasteiger charge is 2.74. The van der Waals surface area contributed by atoms with Crippen LogP contribution in [-0.2, 0) is 14.3 Å². The van der Waals surface area contributed by atoms with Gasteiger partial charge in [-0.25, -0.2) is 4.90 Å². The number of carbonyl (C=O) groups is 4. The number of imide groups is 1. The van der Waals surface area contributed by atoms with Gasteiger partial charge in [0.1, 0.15) is 0 Å². The van der Waals surface area contributed by atoms with E-state index < -0.39 is 46.9 Å². The Morgan fingerprint density at radius 2 is 1.37 bits per heavy atom. The first-order valence-corrected chi connectivity index (χ1v) is 11.6. The molecule has 3 aliphatic rings. The fourth-order valence-electron chi connectivity index (χ4n) is 5.79. The molecular weight excluding hydrogens is 442 g/mol. The number of Topliss-reactive ketones (excluding diaryl/α,β-unsaturated/α-hetero) is 2. The van der Waals surface area contributed by atoms with Gasteiger partial charge >= 0.3 is 0 Å².